The Morgan fingerprint density at radius 2 is 1.54 bits per heavy atom. The van der Waals surface area contributed by atoms with Crippen molar-refractivity contribution in [1.29, 1.82) is 0 Å². The van der Waals surface area contributed by atoms with Crippen molar-refractivity contribution < 1.29 is 19.5 Å². The molecule has 1 aliphatic heterocycles. The lowest BCUT2D eigenvalue weighted by Gasteiger charge is -2.03. The van der Waals surface area contributed by atoms with Crippen LogP contribution in [0.5, 0.6) is 0 Å². The van der Waals surface area contributed by atoms with E-state index in [1.165, 1.54) is 0 Å². The molecule has 0 aliphatic carbocycles. The van der Waals surface area contributed by atoms with Crippen LogP contribution in [0.2, 0.25) is 0 Å². The third kappa shape index (κ3) is 29.3. The third-order valence-electron chi connectivity index (χ3n) is 3.23. The Morgan fingerprint density at radius 1 is 1.07 bits per heavy atom. The van der Waals surface area contributed by atoms with Crippen LogP contribution in [0.25, 0.3) is 0 Å². The molecule has 0 spiro atoms. The normalized spacial score (nSPS) is 14.2. The molecule has 0 saturated carbocycles. The second kappa shape index (κ2) is 25.6. The fraction of sp³-hybridized carbons (Fsp3) is 0.864. The van der Waals surface area contributed by atoms with Gasteiger partial charge in [0, 0.05) is 31.9 Å². The smallest absolute Gasteiger partial charge is 0.229 e. The Labute approximate surface area is 174 Å². The molecule has 1 unspecified atom stereocenters. The summed E-state index contributed by atoms with van der Waals surface area (Å²) in [6.45, 7) is 21.2. The number of hydrogen-bond donors (Lipinski definition) is 3. The van der Waals surface area contributed by atoms with Crippen LogP contribution in [0.15, 0.2) is 0 Å². The van der Waals surface area contributed by atoms with Gasteiger partial charge in [-0.25, -0.2) is 0 Å². The number of imide groups is 1. The highest BCUT2D eigenvalue weighted by Gasteiger charge is 2.25. The summed E-state index contributed by atoms with van der Waals surface area (Å²) in [5.74, 6) is 1.05. The number of hydrogen-bond acceptors (Lipinski definition) is 4. The lowest BCUT2D eigenvalue weighted by molar-refractivity contribution is -0.125. The van der Waals surface area contributed by atoms with Gasteiger partial charge in [-0.05, 0) is 31.6 Å². The highest BCUT2D eigenvalue weighted by molar-refractivity contribution is 6.03. The highest BCUT2D eigenvalue weighted by atomic mass is 16.3. The molecule has 1 atom stereocenters. The van der Waals surface area contributed by atoms with Gasteiger partial charge in [-0.2, -0.15) is 0 Å². The van der Waals surface area contributed by atoms with Gasteiger partial charge < -0.3 is 10.4 Å². The van der Waals surface area contributed by atoms with E-state index in [4.69, 9.17) is 5.11 Å². The molecule has 0 radical (unpaired) electrons. The van der Waals surface area contributed by atoms with Gasteiger partial charge in [0.2, 0.25) is 17.7 Å². The van der Waals surface area contributed by atoms with Crippen LogP contribution >= 0.6 is 0 Å². The van der Waals surface area contributed by atoms with Gasteiger partial charge in [0.15, 0.2) is 0 Å². The maximum absolute atomic E-state index is 10.8. The molecule has 1 rings (SSSR count). The first-order chi connectivity index (χ1) is 13.1. The van der Waals surface area contributed by atoms with Crippen molar-refractivity contribution in [3.63, 3.8) is 0 Å². The molecule has 1 aliphatic rings. The fourth-order valence-electron chi connectivity index (χ4n) is 1.65. The number of carbonyl (C=O) groups excluding carboxylic acids is 3. The zero-order valence-electron chi connectivity index (χ0n) is 20.1. The summed E-state index contributed by atoms with van der Waals surface area (Å²) in [6, 6.07) is 0. The second-order valence-electron chi connectivity index (χ2n) is 6.81. The molecule has 1 fully saturated rings. The van der Waals surface area contributed by atoms with Gasteiger partial charge in [0.1, 0.15) is 0 Å². The van der Waals surface area contributed by atoms with Crippen LogP contribution in [0.4, 0.5) is 0 Å². The standard InChI is InChI=1S/C8H17NO.C5H7NO2.C5H12O.2C2H6/c1-4-9-8(10)6-5-7(2)3;1-3-2-4(7)6-5(3)8;1-5(2)3-4-6;2*1-2/h7H,4-6H2,1-3H3,(H,9,10);3H,2H2,1H3,(H,6,7,8);5-6H,3-4H2,1-2H3;2*1-2H3. The van der Waals surface area contributed by atoms with Crippen molar-refractivity contribution in [2.75, 3.05) is 13.2 Å². The summed E-state index contributed by atoms with van der Waals surface area (Å²) in [4.78, 5) is 31.6. The van der Waals surface area contributed by atoms with E-state index in [9.17, 15) is 14.4 Å². The molecule has 3 amide bonds. The van der Waals surface area contributed by atoms with E-state index in [1.54, 1.807) is 6.92 Å². The quantitative estimate of drug-likeness (QED) is 0.575. The Bertz CT molecular complexity index is 370. The largest absolute Gasteiger partial charge is 0.396 e. The van der Waals surface area contributed by atoms with Crippen LogP contribution in [0.3, 0.4) is 0 Å². The third-order valence-corrected chi connectivity index (χ3v) is 3.23. The van der Waals surface area contributed by atoms with Gasteiger partial charge in [-0.15, -0.1) is 0 Å². The Morgan fingerprint density at radius 3 is 1.71 bits per heavy atom. The first-order valence-corrected chi connectivity index (χ1v) is 10.8. The second-order valence-corrected chi connectivity index (χ2v) is 6.81. The van der Waals surface area contributed by atoms with Crippen LogP contribution in [-0.2, 0) is 14.4 Å². The number of amides is 3. The summed E-state index contributed by atoms with van der Waals surface area (Å²) < 4.78 is 0. The van der Waals surface area contributed by atoms with Crippen molar-refractivity contribution >= 4 is 17.7 Å². The average Bonchev–Trinajstić information content (AvgIpc) is 2.93. The van der Waals surface area contributed by atoms with E-state index < -0.39 is 0 Å². The predicted octanol–water partition coefficient (Wildman–Crippen LogP) is 4.30. The summed E-state index contributed by atoms with van der Waals surface area (Å²) in [5.41, 5.74) is 0. The maximum Gasteiger partial charge on any atom is 0.229 e. The molecule has 0 aromatic heterocycles. The Balaban J connectivity index is -0.000000145. The van der Waals surface area contributed by atoms with Crippen LogP contribution in [-0.4, -0.2) is 36.0 Å². The van der Waals surface area contributed by atoms with E-state index in [-0.39, 0.29) is 23.6 Å². The number of aliphatic hydroxyl groups is 1. The predicted molar refractivity (Wildman–Crippen MR) is 119 cm³/mol. The molecule has 3 N–H and O–H groups in total. The summed E-state index contributed by atoms with van der Waals surface area (Å²) >= 11 is 0. The van der Waals surface area contributed by atoms with Crippen molar-refractivity contribution in [2.24, 2.45) is 17.8 Å². The lowest BCUT2D eigenvalue weighted by Crippen LogP contribution is -2.22. The molecule has 0 aromatic carbocycles. The monoisotopic (exact) mass is 404 g/mol. The topological polar surface area (TPSA) is 95.5 Å². The maximum atomic E-state index is 10.8. The van der Waals surface area contributed by atoms with Crippen LogP contribution in [0.1, 0.15) is 94.9 Å². The number of aliphatic hydroxyl groups excluding tert-OH is 1. The average molecular weight is 405 g/mol. The van der Waals surface area contributed by atoms with Crippen molar-refractivity contribution in [2.45, 2.75) is 94.9 Å². The Hall–Kier alpha value is -1.43. The minimum Gasteiger partial charge on any atom is -0.396 e. The van der Waals surface area contributed by atoms with Crippen LogP contribution in [0, 0.1) is 17.8 Å². The van der Waals surface area contributed by atoms with E-state index in [1.807, 2.05) is 34.6 Å². The minimum absolute atomic E-state index is 0.109. The van der Waals surface area contributed by atoms with Crippen molar-refractivity contribution in [3.05, 3.63) is 0 Å². The SMILES string of the molecule is CC.CC.CC(C)CCO.CC1CC(=O)NC1=O.CCNC(=O)CCC(C)C. The molecule has 1 saturated heterocycles. The van der Waals surface area contributed by atoms with E-state index in [2.05, 4.69) is 38.3 Å². The molecule has 170 valence electrons. The molecule has 28 heavy (non-hydrogen) atoms. The summed E-state index contributed by atoms with van der Waals surface area (Å²) in [5, 5.41) is 13.2. The first-order valence-electron chi connectivity index (χ1n) is 10.8. The highest BCUT2D eigenvalue weighted by Crippen LogP contribution is 2.07. The molecular weight excluding hydrogens is 356 g/mol. The van der Waals surface area contributed by atoms with Crippen molar-refractivity contribution in [1.82, 2.24) is 10.6 Å². The van der Waals surface area contributed by atoms with Gasteiger partial charge in [0.05, 0.1) is 0 Å². The molecule has 0 bridgehead atoms. The molecular formula is C22H48N2O4. The van der Waals surface area contributed by atoms with E-state index in [0.29, 0.717) is 31.3 Å². The molecule has 6 nitrogen and oxygen atoms in total. The minimum atomic E-state index is -0.150. The fourth-order valence-corrected chi connectivity index (χ4v) is 1.65. The number of carbonyl (C=O) groups is 3. The first kappa shape index (κ1) is 34.1. The van der Waals surface area contributed by atoms with Crippen LogP contribution < -0.4 is 10.6 Å². The van der Waals surface area contributed by atoms with E-state index in [0.717, 1.165) is 19.4 Å². The molecule has 6 heteroatoms. The summed E-state index contributed by atoms with van der Waals surface area (Å²) in [7, 11) is 0. The number of nitrogens with one attached hydrogen (secondary N) is 2. The zero-order valence-corrected chi connectivity index (χ0v) is 20.1. The van der Waals surface area contributed by atoms with Gasteiger partial charge in [-0.3, -0.25) is 19.7 Å². The van der Waals surface area contributed by atoms with Gasteiger partial charge >= 0.3 is 0 Å². The number of rotatable bonds is 6. The molecule has 1 heterocycles. The molecule has 0 aromatic rings. The zero-order chi connectivity index (χ0) is 23.1. The van der Waals surface area contributed by atoms with Gasteiger partial charge in [0.25, 0.3) is 0 Å². The van der Waals surface area contributed by atoms with Gasteiger partial charge in [-0.1, -0.05) is 62.3 Å². The summed E-state index contributed by atoms with van der Waals surface area (Å²) in [6.07, 6.45) is 2.95. The lowest BCUT2D eigenvalue weighted by atomic mass is 10.1. The Kier molecular flexibility index (Phi) is 31.1. The van der Waals surface area contributed by atoms with E-state index >= 15 is 0 Å². The van der Waals surface area contributed by atoms with Crippen molar-refractivity contribution in [3.8, 4) is 0 Å².